The molecule has 28 heavy (non-hydrogen) atoms. The molecule has 0 aliphatic carbocycles. The van der Waals surface area contributed by atoms with E-state index in [-0.39, 0.29) is 11.6 Å². The summed E-state index contributed by atoms with van der Waals surface area (Å²) in [4.78, 5) is 25.3. The largest absolute Gasteiger partial charge is 0.339 e. The number of likely N-dealkylation sites (tertiary alicyclic amines) is 1. The average Bonchev–Trinajstić information content (AvgIpc) is 3.10. The van der Waals surface area contributed by atoms with Gasteiger partial charge in [0.15, 0.2) is 0 Å². The van der Waals surface area contributed by atoms with Crippen molar-refractivity contribution in [2.75, 3.05) is 13.1 Å². The summed E-state index contributed by atoms with van der Waals surface area (Å²) in [6, 6.07) is 8.46. The minimum Gasteiger partial charge on any atom is -0.339 e. The van der Waals surface area contributed by atoms with E-state index >= 15 is 0 Å². The fourth-order valence-electron chi connectivity index (χ4n) is 3.81. The van der Waals surface area contributed by atoms with Crippen LogP contribution in [-0.4, -0.2) is 38.4 Å². The van der Waals surface area contributed by atoms with Crippen LogP contribution in [0, 0.1) is 17.0 Å². The number of nitro groups is 1. The van der Waals surface area contributed by atoms with Crippen molar-refractivity contribution < 1.29 is 9.72 Å². The molecule has 1 aromatic carbocycles. The highest BCUT2D eigenvalue weighted by Crippen LogP contribution is 2.32. The van der Waals surface area contributed by atoms with Crippen molar-refractivity contribution in [3.8, 4) is 0 Å². The third-order valence-electron chi connectivity index (χ3n) is 5.40. The predicted octanol–water partition coefficient (Wildman–Crippen LogP) is 4.33. The number of hydrogen-bond donors (Lipinski definition) is 0. The smallest absolute Gasteiger partial charge is 0.270 e. The monoisotopic (exact) mass is 442 g/mol. The summed E-state index contributed by atoms with van der Waals surface area (Å²) in [6.45, 7) is 3.05. The summed E-state index contributed by atoms with van der Waals surface area (Å²) in [6.07, 6.45) is 5.52. The molecule has 3 heterocycles. The summed E-state index contributed by atoms with van der Waals surface area (Å²) in [5.74, 6) is 0.198. The number of aryl methyl sites for hydroxylation is 1. The number of hydrogen-bond acceptors (Lipinski definition) is 4. The number of amides is 1. The van der Waals surface area contributed by atoms with E-state index in [0.29, 0.717) is 24.6 Å². The van der Waals surface area contributed by atoms with Crippen molar-refractivity contribution in [3.05, 3.63) is 74.0 Å². The number of non-ortho nitro benzene ring substituents is 1. The zero-order chi connectivity index (χ0) is 19.8. The Morgan fingerprint density at radius 1 is 1.25 bits per heavy atom. The SMILES string of the molecule is Cc1ccc([N+](=O)[O-])cc1C(=O)N1CCC(c2cnn3ccc(Br)cc23)CC1. The average molecular weight is 443 g/mol. The number of aromatic nitrogens is 2. The number of pyridine rings is 1. The summed E-state index contributed by atoms with van der Waals surface area (Å²) in [5.41, 5.74) is 3.38. The molecular weight excluding hydrogens is 424 g/mol. The molecule has 1 aliphatic rings. The van der Waals surface area contributed by atoms with Gasteiger partial charge in [-0.15, -0.1) is 0 Å². The van der Waals surface area contributed by atoms with E-state index in [1.165, 1.54) is 17.7 Å². The molecule has 7 nitrogen and oxygen atoms in total. The molecule has 0 spiro atoms. The van der Waals surface area contributed by atoms with Crippen LogP contribution in [0.4, 0.5) is 5.69 Å². The highest BCUT2D eigenvalue weighted by atomic mass is 79.9. The molecule has 0 bridgehead atoms. The summed E-state index contributed by atoms with van der Waals surface area (Å²) in [5, 5.41) is 15.5. The van der Waals surface area contributed by atoms with E-state index in [9.17, 15) is 14.9 Å². The minimum atomic E-state index is -0.467. The molecule has 0 unspecified atom stereocenters. The molecule has 1 fully saturated rings. The number of benzene rings is 1. The Labute approximate surface area is 170 Å². The van der Waals surface area contributed by atoms with Gasteiger partial charge in [-0.05, 0) is 43.4 Å². The first-order valence-electron chi connectivity index (χ1n) is 9.11. The maximum Gasteiger partial charge on any atom is 0.270 e. The van der Waals surface area contributed by atoms with Gasteiger partial charge in [0, 0.05) is 47.0 Å². The lowest BCUT2D eigenvalue weighted by molar-refractivity contribution is -0.384. The van der Waals surface area contributed by atoms with Gasteiger partial charge in [0.2, 0.25) is 0 Å². The van der Waals surface area contributed by atoms with Crippen molar-refractivity contribution >= 4 is 33.0 Å². The van der Waals surface area contributed by atoms with Crippen LogP contribution in [0.3, 0.4) is 0 Å². The number of carbonyl (C=O) groups is 1. The maximum atomic E-state index is 12.9. The van der Waals surface area contributed by atoms with Gasteiger partial charge in [-0.25, -0.2) is 4.52 Å². The van der Waals surface area contributed by atoms with Gasteiger partial charge in [-0.2, -0.15) is 5.10 Å². The lowest BCUT2D eigenvalue weighted by Crippen LogP contribution is -2.38. The normalized spacial score (nSPS) is 15.1. The van der Waals surface area contributed by atoms with E-state index in [0.717, 1.165) is 28.4 Å². The van der Waals surface area contributed by atoms with Gasteiger partial charge in [0.05, 0.1) is 16.6 Å². The predicted molar refractivity (Wildman–Crippen MR) is 109 cm³/mol. The first-order chi connectivity index (χ1) is 13.4. The summed E-state index contributed by atoms with van der Waals surface area (Å²) < 4.78 is 2.87. The molecule has 3 aromatic rings. The molecule has 1 aliphatic heterocycles. The molecule has 0 N–H and O–H groups in total. The fourth-order valence-corrected chi connectivity index (χ4v) is 4.14. The number of halogens is 1. The van der Waals surface area contributed by atoms with Crippen LogP contribution in [0.15, 0.2) is 47.2 Å². The van der Waals surface area contributed by atoms with E-state index < -0.39 is 4.92 Å². The molecule has 0 atom stereocenters. The molecular formula is C20H19BrN4O3. The Morgan fingerprint density at radius 3 is 2.71 bits per heavy atom. The molecule has 8 heteroatoms. The molecule has 0 saturated carbocycles. The van der Waals surface area contributed by atoms with Gasteiger partial charge >= 0.3 is 0 Å². The van der Waals surface area contributed by atoms with Crippen molar-refractivity contribution in [2.45, 2.75) is 25.7 Å². The van der Waals surface area contributed by atoms with Gasteiger partial charge < -0.3 is 4.90 Å². The molecule has 4 rings (SSSR count). The zero-order valence-electron chi connectivity index (χ0n) is 15.3. The first-order valence-corrected chi connectivity index (χ1v) is 9.90. The lowest BCUT2D eigenvalue weighted by atomic mass is 9.90. The van der Waals surface area contributed by atoms with E-state index in [2.05, 4.69) is 27.1 Å². The standard InChI is InChI=1S/C20H19BrN4O3/c1-13-2-3-16(25(27)28)11-17(13)20(26)23-7-4-14(5-8-23)18-12-22-24-9-6-15(21)10-19(18)24/h2-3,6,9-12,14H,4-5,7-8H2,1H3. The molecule has 144 valence electrons. The summed E-state index contributed by atoms with van der Waals surface area (Å²) >= 11 is 3.51. The minimum absolute atomic E-state index is 0.0548. The van der Waals surface area contributed by atoms with Crippen molar-refractivity contribution in [2.24, 2.45) is 0 Å². The van der Waals surface area contributed by atoms with Crippen LogP contribution in [0.2, 0.25) is 0 Å². The van der Waals surface area contributed by atoms with Crippen LogP contribution < -0.4 is 0 Å². The highest BCUT2D eigenvalue weighted by molar-refractivity contribution is 9.10. The van der Waals surface area contributed by atoms with Gasteiger partial charge in [0.1, 0.15) is 0 Å². The lowest BCUT2D eigenvalue weighted by Gasteiger charge is -2.32. The van der Waals surface area contributed by atoms with Crippen molar-refractivity contribution in [3.63, 3.8) is 0 Å². The Morgan fingerprint density at radius 2 is 2.00 bits per heavy atom. The van der Waals surface area contributed by atoms with E-state index in [1.807, 2.05) is 23.0 Å². The number of rotatable bonds is 3. The topological polar surface area (TPSA) is 80.8 Å². The third-order valence-corrected chi connectivity index (χ3v) is 5.89. The van der Waals surface area contributed by atoms with Gasteiger partial charge in [-0.1, -0.05) is 22.0 Å². The molecule has 1 saturated heterocycles. The van der Waals surface area contributed by atoms with Gasteiger partial charge in [-0.3, -0.25) is 14.9 Å². The zero-order valence-corrected chi connectivity index (χ0v) is 16.9. The van der Waals surface area contributed by atoms with E-state index in [1.54, 1.807) is 17.9 Å². The number of fused-ring (bicyclic) bond motifs is 1. The van der Waals surface area contributed by atoms with Crippen molar-refractivity contribution in [1.82, 2.24) is 14.5 Å². The van der Waals surface area contributed by atoms with Crippen LogP contribution in [0.5, 0.6) is 0 Å². The van der Waals surface area contributed by atoms with Crippen LogP contribution >= 0.6 is 15.9 Å². The Bertz CT molecular complexity index is 1070. The Balaban J connectivity index is 1.51. The number of carbonyl (C=O) groups excluding carboxylic acids is 1. The quantitative estimate of drug-likeness (QED) is 0.446. The molecule has 2 aromatic heterocycles. The molecule has 1 amide bonds. The van der Waals surface area contributed by atoms with Gasteiger partial charge in [0.25, 0.3) is 11.6 Å². The maximum absolute atomic E-state index is 12.9. The number of piperidine rings is 1. The first kappa shape index (κ1) is 18.6. The highest BCUT2D eigenvalue weighted by Gasteiger charge is 2.27. The fraction of sp³-hybridized carbons (Fsp3) is 0.300. The number of nitro benzene ring substituents is 1. The molecule has 0 radical (unpaired) electrons. The van der Waals surface area contributed by atoms with Crippen LogP contribution in [0.25, 0.3) is 5.52 Å². The second kappa shape index (κ2) is 7.35. The van der Waals surface area contributed by atoms with Crippen LogP contribution in [-0.2, 0) is 0 Å². The Kier molecular flexibility index (Phi) is 4.89. The number of nitrogens with zero attached hydrogens (tertiary/aromatic N) is 4. The second-order valence-corrected chi connectivity index (χ2v) is 8.01. The van der Waals surface area contributed by atoms with E-state index in [4.69, 9.17) is 0 Å². The summed E-state index contributed by atoms with van der Waals surface area (Å²) in [7, 11) is 0. The second-order valence-electron chi connectivity index (χ2n) is 7.10. The van der Waals surface area contributed by atoms with Crippen molar-refractivity contribution in [1.29, 1.82) is 0 Å². The third kappa shape index (κ3) is 3.40. The van der Waals surface area contributed by atoms with Crippen LogP contribution in [0.1, 0.15) is 40.2 Å². The Hall–Kier alpha value is -2.74.